The van der Waals surface area contributed by atoms with E-state index in [0.717, 1.165) is 4.90 Å². The Labute approximate surface area is 127 Å². The van der Waals surface area contributed by atoms with Crippen LogP contribution in [0.4, 0.5) is 23.2 Å². The van der Waals surface area contributed by atoms with Gasteiger partial charge in [-0.15, -0.1) is 0 Å². The summed E-state index contributed by atoms with van der Waals surface area (Å²) in [4.78, 5) is 0.885. The van der Waals surface area contributed by atoms with Gasteiger partial charge >= 0.3 is 6.18 Å². The van der Waals surface area contributed by atoms with E-state index in [1.165, 1.54) is 26.0 Å². The highest BCUT2D eigenvalue weighted by molar-refractivity contribution is 9.10. The SMILES string of the molecule is CC(C)N(CC(F)(F)F)c1ccc(/C(N)=N/O)c(Br)c1F. The molecule has 0 spiro atoms. The van der Waals surface area contributed by atoms with Crippen molar-refractivity contribution in [3.63, 3.8) is 0 Å². The molecule has 0 amide bonds. The van der Waals surface area contributed by atoms with Crippen LogP contribution in [0.1, 0.15) is 19.4 Å². The number of anilines is 1. The number of nitrogens with zero attached hydrogens (tertiary/aromatic N) is 2. The molecule has 3 N–H and O–H groups in total. The lowest BCUT2D eigenvalue weighted by atomic mass is 10.1. The fraction of sp³-hybridized carbons (Fsp3) is 0.417. The van der Waals surface area contributed by atoms with Crippen molar-refractivity contribution >= 4 is 27.5 Å². The third-order valence-electron chi connectivity index (χ3n) is 2.73. The van der Waals surface area contributed by atoms with Crippen LogP contribution in [0.2, 0.25) is 0 Å². The highest BCUT2D eigenvalue weighted by Crippen LogP contribution is 2.32. The second-order valence-corrected chi connectivity index (χ2v) is 5.38. The summed E-state index contributed by atoms with van der Waals surface area (Å²) in [5, 5.41) is 11.3. The number of amidine groups is 1. The lowest BCUT2D eigenvalue weighted by molar-refractivity contribution is -0.120. The third kappa shape index (κ3) is 4.23. The predicted octanol–water partition coefficient (Wildman–Crippen LogP) is 3.46. The molecule has 0 aliphatic carbocycles. The molecule has 4 nitrogen and oxygen atoms in total. The molecular weight excluding hydrogens is 358 g/mol. The topological polar surface area (TPSA) is 61.8 Å². The number of alkyl halides is 3. The maximum absolute atomic E-state index is 14.3. The average Bonchev–Trinajstić information content (AvgIpc) is 2.37. The third-order valence-corrected chi connectivity index (χ3v) is 3.50. The summed E-state index contributed by atoms with van der Waals surface area (Å²) in [7, 11) is 0. The van der Waals surface area contributed by atoms with Gasteiger partial charge in [0.15, 0.2) is 11.7 Å². The zero-order valence-electron chi connectivity index (χ0n) is 11.2. The summed E-state index contributed by atoms with van der Waals surface area (Å²) in [6.07, 6.45) is -4.46. The molecule has 0 aliphatic heterocycles. The number of hydrogen-bond donors (Lipinski definition) is 2. The van der Waals surface area contributed by atoms with E-state index in [2.05, 4.69) is 21.1 Å². The fourth-order valence-corrected chi connectivity index (χ4v) is 2.29. The minimum atomic E-state index is -4.46. The van der Waals surface area contributed by atoms with Gasteiger partial charge in [-0.25, -0.2) is 4.39 Å². The number of halogens is 5. The molecule has 21 heavy (non-hydrogen) atoms. The molecule has 0 bridgehead atoms. The van der Waals surface area contributed by atoms with E-state index in [9.17, 15) is 17.6 Å². The summed E-state index contributed by atoms with van der Waals surface area (Å²) in [6, 6.07) is 1.88. The average molecular weight is 372 g/mol. The summed E-state index contributed by atoms with van der Waals surface area (Å²) >= 11 is 2.91. The summed E-state index contributed by atoms with van der Waals surface area (Å²) in [5.74, 6) is -1.25. The van der Waals surface area contributed by atoms with Crippen molar-refractivity contribution < 1.29 is 22.8 Å². The van der Waals surface area contributed by atoms with Gasteiger partial charge in [0, 0.05) is 11.6 Å². The van der Waals surface area contributed by atoms with E-state index in [1.807, 2.05) is 0 Å². The van der Waals surface area contributed by atoms with Crippen molar-refractivity contribution in [1.29, 1.82) is 0 Å². The monoisotopic (exact) mass is 371 g/mol. The first-order valence-corrected chi connectivity index (χ1v) is 6.67. The maximum atomic E-state index is 14.3. The summed E-state index contributed by atoms with van der Waals surface area (Å²) in [6.45, 7) is 1.77. The molecule has 1 aromatic carbocycles. The first kappa shape index (κ1) is 17.5. The van der Waals surface area contributed by atoms with Crippen molar-refractivity contribution in [3.8, 4) is 0 Å². The van der Waals surface area contributed by atoms with E-state index < -0.39 is 24.6 Å². The van der Waals surface area contributed by atoms with E-state index in [4.69, 9.17) is 10.9 Å². The number of benzene rings is 1. The quantitative estimate of drug-likeness (QED) is 0.280. The van der Waals surface area contributed by atoms with Gasteiger partial charge in [0.05, 0.1) is 10.2 Å². The number of oxime groups is 1. The Morgan fingerprint density at radius 3 is 2.43 bits per heavy atom. The number of hydrogen-bond acceptors (Lipinski definition) is 3. The molecule has 1 rings (SSSR count). The second-order valence-electron chi connectivity index (χ2n) is 4.58. The Morgan fingerprint density at radius 1 is 1.43 bits per heavy atom. The van der Waals surface area contributed by atoms with Gasteiger partial charge in [0.2, 0.25) is 0 Å². The van der Waals surface area contributed by atoms with Gasteiger partial charge in [-0.05, 0) is 41.9 Å². The number of rotatable bonds is 4. The van der Waals surface area contributed by atoms with Gasteiger partial charge in [-0.2, -0.15) is 13.2 Å². The summed E-state index contributed by atoms with van der Waals surface area (Å²) in [5.41, 5.74) is 5.19. The van der Waals surface area contributed by atoms with E-state index in [-0.39, 0.29) is 21.6 Å². The van der Waals surface area contributed by atoms with Crippen LogP contribution in [0.15, 0.2) is 21.8 Å². The van der Waals surface area contributed by atoms with Gasteiger partial charge in [0.25, 0.3) is 0 Å². The van der Waals surface area contributed by atoms with Crippen LogP contribution in [0.3, 0.4) is 0 Å². The first-order valence-electron chi connectivity index (χ1n) is 5.87. The molecule has 0 aliphatic rings. The Hall–Kier alpha value is -1.51. The van der Waals surface area contributed by atoms with Crippen molar-refractivity contribution in [1.82, 2.24) is 0 Å². The number of nitrogens with two attached hydrogens (primary N) is 1. The van der Waals surface area contributed by atoms with Gasteiger partial charge in [0.1, 0.15) is 6.54 Å². The molecule has 0 aromatic heterocycles. The Morgan fingerprint density at radius 2 is 2.00 bits per heavy atom. The first-order chi connectivity index (χ1) is 9.58. The van der Waals surface area contributed by atoms with Crippen LogP contribution in [-0.2, 0) is 0 Å². The van der Waals surface area contributed by atoms with Gasteiger partial charge < -0.3 is 15.8 Å². The van der Waals surface area contributed by atoms with Crippen molar-refractivity contribution in [2.75, 3.05) is 11.4 Å². The standard InChI is InChI=1S/C12H14BrF4N3O/c1-6(2)20(5-12(15,16)17)8-4-3-7(11(18)19-21)9(13)10(8)14/h3-4,6,21H,5H2,1-2H3,(H2,18,19). The zero-order chi connectivity index (χ0) is 16.4. The molecule has 0 radical (unpaired) electrons. The molecule has 0 saturated carbocycles. The predicted molar refractivity (Wildman–Crippen MR) is 75.1 cm³/mol. The molecular formula is C12H14BrF4N3O. The van der Waals surface area contributed by atoms with E-state index in [0.29, 0.717) is 0 Å². The zero-order valence-corrected chi connectivity index (χ0v) is 12.8. The molecule has 0 fully saturated rings. The molecule has 1 aromatic rings. The van der Waals surface area contributed by atoms with Crippen LogP contribution < -0.4 is 10.6 Å². The largest absolute Gasteiger partial charge is 0.409 e. The molecule has 118 valence electrons. The summed E-state index contributed by atoms with van der Waals surface area (Å²) < 4.78 is 51.9. The second kappa shape index (κ2) is 6.50. The van der Waals surface area contributed by atoms with Crippen LogP contribution in [-0.4, -0.2) is 29.8 Å². The van der Waals surface area contributed by atoms with Crippen molar-refractivity contribution in [3.05, 3.63) is 28.0 Å². The molecule has 0 heterocycles. The highest BCUT2D eigenvalue weighted by Gasteiger charge is 2.33. The lowest BCUT2D eigenvalue weighted by Gasteiger charge is -2.30. The smallest absolute Gasteiger partial charge is 0.405 e. The van der Waals surface area contributed by atoms with E-state index in [1.54, 1.807) is 0 Å². The van der Waals surface area contributed by atoms with E-state index >= 15 is 0 Å². The van der Waals surface area contributed by atoms with Crippen LogP contribution in [0.25, 0.3) is 0 Å². The molecule has 0 unspecified atom stereocenters. The minimum absolute atomic E-state index is 0.0504. The normalized spacial score (nSPS) is 12.9. The van der Waals surface area contributed by atoms with Crippen molar-refractivity contribution in [2.24, 2.45) is 10.9 Å². The Balaban J connectivity index is 3.32. The minimum Gasteiger partial charge on any atom is -0.409 e. The van der Waals surface area contributed by atoms with Crippen molar-refractivity contribution in [2.45, 2.75) is 26.1 Å². The van der Waals surface area contributed by atoms with Crippen LogP contribution in [0, 0.1) is 5.82 Å². The molecule has 0 saturated heterocycles. The molecule has 9 heteroatoms. The van der Waals surface area contributed by atoms with Crippen LogP contribution in [0.5, 0.6) is 0 Å². The maximum Gasteiger partial charge on any atom is 0.405 e. The fourth-order valence-electron chi connectivity index (χ4n) is 1.75. The Bertz CT molecular complexity index is 546. The highest BCUT2D eigenvalue weighted by atomic mass is 79.9. The lowest BCUT2D eigenvalue weighted by Crippen LogP contribution is -2.39. The Kier molecular flexibility index (Phi) is 5.43. The van der Waals surface area contributed by atoms with Gasteiger partial charge in [-0.3, -0.25) is 0 Å². The van der Waals surface area contributed by atoms with Crippen LogP contribution >= 0.6 is 15.9 Å². The molecule has 0 atom stereocenters. The van der Waals surface area contributed by atoms with Gasteiger partial charge in [-0.1, -0.05) is 5.16 Å².